The van der Waals surface area contributed by atoms with E-state index in [4.69, 9.17) is 11.6 Å². The van der Waals surface area contributed by atoms with E-state index in [-0.39, 0.29) is 16.3 Å². The third-order valence-corrected chi connectivity index (χ3v) is 4.15. The second-order valence-corrected chi connectivity index (χ2v) is 6.22. The molecule has 0 heterocycles. The molecule has 108 valence electrons. The number of halogens is 3. The Kier molecular flexibility index (Phi) is 5.03. The molecule has 0 fully saturated rings. The molecule has 2 aromatic carbocycles. The van der Waals surface area contributed by atoms with Crippen LogP contribution in [0.3, 0.4) is 0 Å². The first-order chi connectivity index (χ1) is 9.90. The van der Waals surface area contributed by atoms with Gasteiger partial charge in [0.15, 0.2) is 0 Å². The first kappa shape index (κ1) is 16.0. The van der Waals surface area contributed by atoms with Gasteiger partial charge in [0.2, 0.25) is 0 Å². The molecule has 7 heteroatoms. The minimum atomic E-state index is -1.20. The molecule has 0 bridgehead atoms. The average Bonchev–Trinajstić information content (AvgIpc) is 2.41. The lowest BCUT2D eigenvalue weighted by molar-refractivity contribution is 0.0698. The summed E-state index contributed by atoms with van der Waals surface area (Å²) in [7, 11) is 0. The number of nitrogens with one attached hydrogen (secondary N) is 1. The van der Waals surface area contributed by atoms with Crippen molar-refractivity contribution in [1.29, 1.82) is 0 Å². The predicted molar refractivity (Wildman–Crippen MR) is 88.2 cm³/mol. The first-order valence-electron chi connectivity index (χ1n) is 5.68. The van der Waals surface area contributed by atoms with Crippen LogP contribution in [0.2, 0.25) is 5.02 Å². The number of carbonyl (C=O) groups is 2. The standard InChI is InChI=1S/C14H8Br2ClNO3/c15-7-4-5-9(16)8(6-7)13(19)18-11-3-1-2-10(17)12(11)14(20)21/h1-6H,(H,18,19)(H,20,21). The van der Waals surface area contributed by atoms with Crippen molar-refractivity contribution < 1.29 is 14.7 Å². The van der Waals surface area contributed by atoms with Crippen molar-refractivity contribution in [2.24, 2.45) is 0 Å². The summed E-state index contributed by atoms with van der Waals surface area (Å²) in [5.41, 5.74) is 0.381. The number of carboxylic acid groups (broad SMARTS) is 1. The van der Waals surface area contributed by atoms with Crippen LogP contribution in [0.25, 0.3) is 0 Å². The second kappa shape index (κ2) is 6.60. The molecule has 0 atom stereocenters. The zero-order valence-electron chi connectivity index (χ0n) is 10.4. The summed E-state index contributed by atoms with van der Waals surface area (Å²) >= 11 is 12.4. The van der Waals surface area contributed by atoms with E-state index >= 15 is 0 Å². The predicted octanol–water partition coefficient (Wildman–Crippen LogP) is 4.82. The summed E-state index contributed by atoms with van der Waals surface area (Å²) in [4.78, 5) is 23.5. The molecule has 0 spiro atoms. The van der Waals surface area contributed by atoms with Gasteiger partial charge in [-0.2, -0.15) is 0 Å². The van der Waals surface area contributed by atoms with Crippen LogP contribution in [-0.2, 0) is 0 Å². The number of aromatic carboxylic acids is 1. The summed E-state index contributed by atoms with van der Waals surface area (Å²) in [6.07, 6.45) is 0. The molecular weight excluding hydrogens is 425 g/mol. The number of benzene rings is 2. The Bertz CT molecular complexity index is 734. The van der Waals surface area contributed by atoms with Crippen LogP contribution in [0, 0.1) is 0 Å². The topological polar surface area (TPSA) is 66.4 Å². The highest BCUT2D eigenvalue weighted by Crippen LogP contribution is 2.27. The fourth-order valence-electron chi connectivity index (χ4n) is 1.71. The van der Waals surface area contributed by atoms with Gasteiger partial charge < -0.3 is 10.4 Å². The highest BCUT2D eigenvalue weighted by molar-refractivity contribution is 9.11. The lowest BCUT2D eigenvalue weighted by atomic mass is 10.1. The average molecular weight is 433 g/mol. The maximum absolute atomic E-state index is 12.3. The van der Waals surface area contributed by atoms with Crippen LogP contribution in [0.15, 0.2) is 45.3 Å². The fourth-order valence-corrected chi connectivity index (χ4v) is 2.75. The number of hydrogen-bond acceptors (Lipinski definition) is 2. The van der Waals surface area contributed by atoms with Crippen molar-refractivity contribution >= 4 is 61.0 Å². The summed E-state index contributed by atoms with van der Waals surface area (Å²) in [5, 5.41) is 11.8. The molecule has 2 rings (SSSR count). The van der Waals surface area contributed by atoms with Crippen molar-refractivity contribution in [3.8, 4) is 0 Å². The zero-order valence-corrected chi connectivity index (χ0v) is 14.3. The van der Waals surface area contributed by atoms with E-state index < -0.39 is 11.9 Å². The number of rotatable bonds is 3. The highest BCUT2D eigenvalue weighted by atomic mass is 79.9. The molecule has 0 aliphatic rings. The van der Waals surface area contributed by atoms with Crippen molar-refractivity contribution in [2.75, 3.05) is 5.32 Å². The van der Waals surface area contributed by atoms with Crippen molar-refractivity contribution in [2.45, 2.75) is 0 Å². The Balaban J connectivity index is 2.39. The third-order valence-electron chi connectivity index (χ3n) is 2.65. The Morgan fingerprint density at radius 1 is 1.14 bits per heavy atom. The molecule has 4 nitrogen and oxygen atoms in total. The van der Waals surface area contributed by atoms with Gasteiger partial charge in [-0.05, 0) is 46.3 Å². The van der Waals surface area contributed by atoms with Crippen LogP contribution in [-0.4, -0.2) is 17.0 Å². The van der Waals surface area contributed by atoms with Crippen LogP contribution in [0.5, 0.6) is 0 Å². The molecule has 0 unspecified atom stereocenters. The Morgan fingerprint density at radius 2 is 1.86 bits per heavy atom. The number of amides is 1. The van der Waals surface area contributed by atoms with E-state index in [0.717, 1.165) is 4.47 Å². The fraction of sp³-hybridized carbons (Fsp3) is 0. The molecule has 0 aliphatic carbocycles. The minimum Gasteiger partial charge on any atom is -0.478 e. The number of hydrogen-bond donors (Lipinski definition) is 2. The monoisotopic (exact) mass is 431 g/mol. The molecule has 0 radical (unpaired) electrons. The molecule has 0 saturated heterocycles. The van der Waals surface area contributed by atoms with Gasteiger partial charge in [-0.15, -0.1) is 0 Å². The highest BCUT2D eigenvalue weighted by Gasteiger charge is 2.18. The van der Waals surface area contributed by atoms with E-state index in [1.165, 1.54) is 12.1 Å². The smallest absolute Gasteiger partial charge is 0.339 e. The van der Waals surface area contributed by atoms with Gasteiger partial charge in [0.25, 0.3) is 5.91 Å². The maximum Gasteiger partial charge on any atom is 0.339 e. The van der Waals surface area contributed by atoms with Gasteiger partial charge in [-0.25, -0.2) is 4.79 Å². The largest absolute Gasteiger partial charge is 0.478 e. The van der Waals surface area contributed by atoms with E-state index in [1.807, 2.05) is 0 Å². The first-order valence-corrected chi connectivity index (χ1v) is 7.64. The molecule has 0 aliphatic heterocycles. The van der Waals surface area contributed by atoms with Gasteiger partial charge in [-0.1, -0.05) is 33.6 Å². The van der Waals surface area contributed by atoms with Crippen LogP contribution >= 0.6 is 43.5 Å². The summed E-state index contributed by atoms with van der Waals surface area (Å²) < 4.78 is 1.34. The van der Waals surface area contributed by atoms with Gasteiger partial charge in [0, 0.05) is 8.95 Å². The van der Waals surface area contributed by atoms with E-state index in [2.05, 4.69) is 37.2 Å². The van der Waals surface area contributed by atoms with Gasteiger partial charge in [-0.3, -0.25) is 4.79 Å². The zero-order chi connectivity index (χ0) is 15.6. The molecule has 2 N–H and O–H groups in total. The normalized spacial score (nSPS) is 10.2. The van der Waals surface area contributed by atoms with Crippen molar-refractivity contribution in [1.82, 2.24) is 0 Å². The Labute approximate surface area is 142 Å². The Morgan fingerprint density at radius 3 is 2.52 bits per heavy atom. The van der Waals surface area contributed by atoms with Crippen molar-refractivity contribution in [3.63, 3.8) is 0 Å². The number of carbonyl (C=O) groups excluding carboxylic acids is 1. The summed E-state index contributed by atoms with van der Waals surface area (Å²) in [6.45, 7) is 0. The lowest BCUT2D eigenvalue weighted by Gasteiger charge is -2.11. The number of anilines is 1. The molecule has 0 saturated carbocycles. The lowest BCUT2D eigenvalue weighted by Crippen LogP contribution is -2.15. The Hall–Kier alpha value is -1.37. The van der Waals surface area contributed by atoms with E-state index in [1.54, 1.807) is 24.3 Å². The third kappa shape index (κ3) is 3.64. The van der Waals surface area contributed by atoms with E-state index in [9.17, 15) is 14.7 Å². The quantitative estimate of drug-likeness (QED) is 0.730. The van der Waals surface area contributed by atoms with E-state index in [0.29, 0.717) is 10.0 Å². The summed E-state index contributed by atoms with van der Waals surface area (Å²) in [6, 6.07) is 9.64. The van der Waals surface area contributed by atoms with Gasteiger partial charge in [0.05, 0.1) is 16.3 Å². The van der Waals surface area contributed by atoms with Crippen LogP contribution in [0.1, 0.15) is 20.7 Å². The molecule has 2 aromatic rings. The van der Waals surface area contributed by atoms with Crippen LogP contribution < -0.4 is 5.32 Å². The van der Waals surface area contributed by atoms with Crippen molar-refractivity contribution in [3.05, 3.63) is 61.5 Å². The molecule has 21 heavy (non-hydrogen) atoms. The number of carboxylic acids is 1. The SMILES string of the molecule is O=C(Nc1cccc(Cl)c1C(=O)O)c1cc(Br)ccc1Br. The van der Waals surface area contributed by atoms with Gasteiger partial charge in [0.1, 0.15) is 5.56 Å². The second-order valence-electron chi connectivity index (χ2n) is 4.05. The van der Waals surface area contributed by atoms with Gasteiger partial charge >= 0.3 is 5.97 Å². The van der Waals surface area contributed by atoms with Crippen LogP contribution in [0.4, 0.5) is 5.69 Å². The maximum atomic E-state index is 12.3. The molecule has 0 aromatic heterocycles. The minimum absolute atomic E-state index is 0.0635. The molecular formula is C14H8Br2ClNO3. The molecule has 1 amide bonds. The summed E-state index contributed by atoms with van der Waals surface area (Å²) in [5.74, 6) is -1.64.